The smallest absolute Gasteiger partial charge is 0.171 e. The Morgan fingerprint density at radius 1 is 0.442 bits per heavy atom. The lowest BCUT2D eigenvalue weighted by Crippen LogP contribution is -2.36. The average Bonchev–Trinajstić information content (AvgIpc) is 3.19. The van der Waals surface area contributed by atoms with E-state index in [0.29, 0.717) is 0 Å². The van der Waals surface area contributed by atoms with Gasteiger partial charge in [-0.2, -0.15) is 0 Å². The molecule has 1 aliphatic carbocycles. The first-order valence-corrected chi connectivity index (χ1v) is 20.5. The summed E-state index contributed by atoms with van der Waals surface area (Å²) in [6.07, 6.45) is 0. The largest absolute Gasteiger partial charge is 0.309 e. The van der Waals surface area contributed by atoms with E-state index >= 15 is 0 Å². The minimum atomic E-state index is -3.04. The maximum Gasteiger partial charge on any atom is 0.171 e. The van der Waals surface area contributed by atoms with Crippen molar-refractivity contribution in [3.63, 3.8) is 0 Å². The Kier molecular flexibility index (Phi) is 7.74. The molecule has 9 rings (SSSR count). The van der Waals surface area contributed by atoms with Gasteiger partial charge in [-0.15, -0.1) is 0 Å². The van der Waals surface area contributed by atoms with Gasteiger partial charge in [0.05, 0.1) is 11.4 Å². The SMILES string of the molecule is CC1(C)c2ccc(N3c4ccccc4Sc4ccccc43)cc2C(C)(C)c2ccc(-c3ccc(P(=O)(c4ccccc4)c4ccccc4)cc3)cc21. The Balaban J connectivity index is 1.10. The Morgan fingerprint density at radius 2 is 0.885 bits per heavy atom. The normalized spacial score (nSPS) is 15.2. The second-order valence-electron chi connectivity index (χ2n) is 14.9. The Labute approximate surface area is 311 Å². The molecule has 52 heavy (non-hydrogen) atoms. The van der Waals surface area contributed by atoms with Gasteiger partial charge in [0, 0.05) is 42.2 Å². The number of nitrogens with zero attached hydrogens (tertiary/aromatic N) is 1. The molecule has 254 valence electrons. The third kappa shape index (κ3) is 5.06. The molecular formula is C48H40NOPS. The van der Waals surface area contributed by atoms with Gasteiger partial charge in [-0.25, -0.2) is 0 Å². The van der Waals surface area contributed by atoms with E-state index in [1.54, 1.807) is 0 Å². The van der Waals surface area contributed by atoms with Crippen molar-refractivity contribution in [1.82, 2.24) is 0 Å². The van der Waals surface area contributed by atoms with Crippen LogP contribution in [-0.4, -0.2) is 0 Å². The summed E-state index contributed by atoms with van der Waals surface area (Å²) in [7, 11) is -3.04. The molecule has 1 heterocycles. The van der Waals surface area contributed by atoms with Gasteiger partial charge >= 0.3 is 0 Å². The van der Waals surface area contributed by atoms with Gasteiger partial charge in [0.15, 0.2) is 7.14 Å². The number of fused-ring (bicyclic) bond motifs is 4. The number of benzene rings is 7. The molecule has 0 bridgehead atoms. The van der Waals surface area contributed by atoms with Gasteiger partial charge in [0.1, 0.15) is 0 Å². The van der Waals surface area contributed by atoms with Crippen LogP contribution in [0.1, 0.15) is 49.9 Å². The number of hydrogen-bond acceptors (Lipinski definition) is 3. The quantitative estimate of drug-likeness (QED) is 0.166. The molecule has 7 aromatic rings. The lowest BCUT2D eigenvalue weighted by Gasteiger charge is -2.45. The molecule has 0 N–H and O–H groups in total. The van der Waals surface area contributed by atoms with Crippen LogP contribution in [0.5, 0.6) is 0 Å². The second-order valence-corrected chi connectivity index (χ2v) is 18.8. The molecule has 0 fully saturated rings. The van der Waals surface area contributed by atoms with Crippen LogP contribution in [-0.2, 0) is 15.4 Å². The van der Waals surface area contributed by atoms with Gasteiger partial charge in [-0.3, -0.25) is 0 Å². The lowest BCUT2D eigenvalue weighted by atomic mass is 9.59. The van der Waals surface area contributed by atoms with Crippen molar-refractivity contribution in [1.29, 1.82) is 0 Å². The first kappa shape index (κ1) is 32.8. The molecule has 4 heteroatoms. The van der Waals surface area contributed by atoms with Crippen molar-refractivity contribution < 1.29 is 4.57 Å². The summed E-state index contributed by atoms with van der Waals surface area (Å²) in [6.45, 7) is 9.47. The van der Waals surface area contributed by atoms with Crippen LogP contribution in [0.25, 0.3) is 11.1 Å². The van der Waals surface area contributed by atoms with Crippen molar-refractivity contribution in [2.45, 2.75) is 48.3 Å². The molecular weight excluding hydrogens is 670 g/mol. The highest BCUT2D eigenvalue weighted by Gasteiger charge is 2.42. The van der Waals surface area contributed by atoms with Crippen LogP contribution in [0.15, 0.2) is 180 Å². The van der Waals surface area contributed by atoms with E-state index in [-0.39, 0.29) is 10.8 Å². The third-order valence-electron chi connectivity index (χ3n) is 11.2. The zero-order valence-electron chi connectivity index (χ0n) is 29.9. The number of para-hydroxylation sites is 2. The maximum atomic E-state index is 15.0. The van der Waals surface area contributed by atoms with E-state index < -0.39 is 7.14 Å². The van der Waals surface area contributed by atoms with E-state index in [1.165, 1.54) is 54.7 Å². The van der Waals surface area contributed by atoms with Crippen LogP contribution in [0.4, 0.5) is 17.1 Å². The number of hydrogen-bond donors (Lipinski definition) is 0. The van der Waals surface area contributed by atoms with Gasteiger partial charge in [0.25, 0.3) is 0 Å². The summed E-state index contributed by atoms with van der Waals surface area (Å²) < 4.78 is 15.0. The van der Waals surface area contributed by atoms with E-state index in [4.69, 9.17) is 0 Å². The standard InChI is InChI=1S/C48H40NOPS/c1-47(2)40-30-26-35(49-43-19-11-13-21-45(43)52-46-22-14-12-20-44(46)49)32-42(40)48(3,4)39-29-25-34(31-41(39)47)33-23-27-38(28-24-33)51(50,36-15-7-5-8-16-36)37-17-9-6-10-18-37/h5-32H,1-4H3. The molecule has 7 aromatic carbocycles. The van der Waals surface area contributed by atoms with Crippen LogP contribution in [0, 0.1) is 0 Å². The molecule has 2 nitrogen and oxygen atoms in total. The van der Waals surface area contributed by atoms with Crippen LogP contribution < -0.4 is 20.8 Å². The summed E-state index contributed by atoms with van der Waals surface area (Å²) in [5.41, 5.74) is 10.9. The fourth-order valence-electron chi connectivity index (χ4n) is 8.38. The van der Waals surface area contributed by atoms with Crippen LogP contribution in [0.2, 0.25) is 0 Å². The predicted octanol–water partition coefficient (Wildman–Crippen LogP) is 11.9. The Morgan fingerprint density at radius 3 is 1.44 bits per heavy atom. The Hall–Kier alpha value is -5.08. The van der Waals surface area contributed by atoms with Crippen molar-refractivity contribution in [3.05, 3.63) is 192 Å². The van der Waals surface area contributed by atoms with Gasteiger partial charge in [0.2, 0.25) is 0 Å². The molecule has 0 spiro atoms. The first-order valence-electron chi connectivity index (χ1n) is 18.0. The molecule has 0 unspecified atom stereocenters. The fourth-order valence-corrected chi connectivity index (χ4v) is 12.1. The zero-order valence-corrected chi connectivity index (χ0v) is 31.6. The highest BCUT2D eigenvalue weighted by Crippen LogP contribution is 2.55. The topological polar surface area (TPSA) is 20.3 Å². The van der Waals surface area contributed by atoms with Crippen LogP contribution >= 0.6 is 18.9 Å². The molecule has 0 amide bonds. The highest BCUT2D eigenvalue weighted by molar-refractivity contribution is 7.99. The van der Waals surface area contributed by atoms with E-state index in [2.05, 4.69) is 142 Å². The average molecular weight is 710 g/mol. The summed E-state index contributed by atoms with van der Waals surface area (Å²) >= 11 is 1.84. The van der Waals surface area contributed by atoms with Gasteiger partial charge in [-0.1, -0.05) is 167 Å². The molecule has 0 aromatic heterocycles. The van der Waals surface area contributed by atoms with Crippen molar-refractivity contribution in [2.24, 2.45) is 0 Å². The van der Waals surface area contributed by atoms with Gasteiger partial charge < -0.3 is 9.46 Å². The van der Waals surface area contributed by atoms with Crippen molar-refractivity contribution in [3.8, 4) is 11.1 Å². The van der Waals surface area contributed by atoms with Crippen LogP contribution in [0.3, 0.4) is 0 Å². The molecule has 2 aliphatic rings. The summed E-state index contributed by atoms with van der Waals surface area (Å²) in [5, 5.41) is 2.54. The summed E-state index contributed by atoms with van der Waals surface area (Å²) in [6, 6.07) is 59.8. The summed E-state index contributed by atoms with van der Waals surface area (Å²) in [4.78, 5) is 4.97. The monoisotopic (exact) mass is 709 g/mol. The molecule has 0 saturated carbocycles. The minimum Gasteiger partial charge on any atom is -0.309 e. The molecule has 0 atom stereocenters. The minimum absolute atomic E-state index is 0.208. The summed E-state index contributed by atoms with van der Waals surface area (Å²) in [5.74, 6) is 0. The number of anilines is 3. The predicted molar refractivity (Wildman–Crippen MR) is 221 cm³/mol. The number of rotatable bonds is 5. The Bertz CT molecular complexity index is 2430. The highest BCUT2D eigenvalue weighted by atomic mass is 32.2. The fraction of sp³-hybridized carbons (Fsp3) is 0.125. The van der Waals surface area contributed by atoms with E-state index in [1.807, 2.05) is 72.4 Å². The molecule has 0 radical (unpaired) electrons. The first-order chi connectivity index (χ1) is 25.2. The third-order valence-corrected chi connectivity index (χ3v) is 15.4. The van der Waals surface area contributed by atoms with E-state index in [0.717, 1.165) is 21.5 Å². The zero-order chi connectivity index (χ0) is 35.7. The van der Waals surface area contributed by atoms with E-state index in [9.17, 15) is 4.57 Å². The van der Waals surface area contributed by atoms with Crippen molar-refractivity contribution in [2.75, 3.05) is 4.90 Å². The maximum absolute atomic E-state index is 15.0. The van der Waals surface area contributed by atoms with Gasteiger partial charge in [-0.05, 0) is 75.8 Å². The molecule has 0 saturated heterocycles. The molecule has 1 aliphatic heterocycles. The van der Waals surface area contributed by atoms with Crippen molar-refractivity contribution >= 4 is 51.9 Å². The lowest BCUT2D eigenvalue weighted by molar-refractivity contribution is 0.521. The second kappa shape index (κ2) is 12.3.